The number of methoxy groups -OCH3 is 1. The number of amides is 2. The maximum Gasteiger partial charge on any atom is 0.282 e. The Kier molecular flexibility index (Phi) is 5.53. The van der Waals surface area contributed by atoms with E-state index in [9.17, 15) is 9.59 Å². The molecule has 0 atom stereocenters. The van der Waals surface area contributed by atoms with Crippen LogP contribution in [0.4, 0.5) is 11.4 Å². The Morgan fingerprint density at radius 1 is 0.839 bits per heavy atom. The monoisotopic (exact) mass is 432 g/mol. The second-order valence-corrected chi connectivity index (χ2v) is 7.76. The van der Waals surface area contributed by atoms with Gasteiger partial charge in [0, 0.05) is 10.7 Å². The number of ether oxygens (including phenoxy) is 1. The number of anilines is 2. The number of halogens is 1. The number of hydrogen-bond acceptors (Lipinski definition) is 4. The second kappa shape index (κ2) is 8.28. The standard InChI is InChI=1S/C25H21ClN2O3/c1-15-4-11-20(14-16(15)2)28-24(29)22(17-5-7-18(26)8-6-17)23(25(28)30)27-19-9-12-21(31-3)13-10-19/h4-14,27H,1-3H3. The summed E-state index contributed by atoms with van der Waals surface area (Å²) in [6, 6.07) is 19.6. The van der Waals surface area contributed by atoms with Crippen LogP contribution < -0.4 is 15.0 Å². The minimum atomic E-state index is -0.408. The van der Waals surface area contributed by atoms with Gasteiger partial charge in [-0.05, 0) is 79.1 Å². The Balaban J connectivity index is 1.80. The van der Waals surface area contributed by atoms with Crippen molar-refractivity contribution in [1.29, 1.82) is 0 Å². The van der Waals surface area contributed by atoms with E-state index in [1.807, 2.05) is 26.0 Å². The highest BCUT2D eigenvalue weighted by molar-refractivity contribution is 6.46. The average Bonchev–Trinajstić information content (AvgIpc) is 3.01. The number of rotatable bonds is 5. The normalized spacial score (nSPS) is 13.7. The number of carbonyl (C=O) groups excluding carboxylic acids is 2. The molecule has 4 rings (SSSR count). The van der Waals surface area contributed by atoms with Crippen molar-refractivity contribution in [3.05, 3.63) is 94.1 Å². The highest BCUT2D eigenvalue weighted by Gasteiger charge is 2.40. The lowest BCUT2D eigenvalue weighted by Gasteiger charge is -2.17. The molecule has 0 radical (unpaired) electrons. The smallest absolute Gasteiger partial charge is 0.282 e. The molecule has 2 amide bonds. The van der Waals surface area contributed by atoms with Crippen molar-refractivity contribution in [1.82, 2.24) is 0 Å². The number of nitrogens with one attached hydrogen (secondary N) is 1. The van der Waals surface area contributed by atoms with Gasteiger partial charge in [0.15, 0.2) is 0 Å². The molecule has 1 heterocycles. The van der Waals surface area contributed by atoms with Crippen LogP contribution in [-0.2, 0) is 9.59 Å². The third-order valence-electron chi connectivity index (χ3n) is 5.32. The summed E-state index contributed by atoms with van der Waals surface area (Å²) in [6.07, 6.45) is 0. The zero-order valence-corrected chi connectivity index (χ0v) is 18.2. The molecule has 1 aliphatic rings. The molecule has 0 spiro atoms. The van der Waals surface area contributed by atoms with Gasteiger partial charge in [0.25, 0.3) is 11.8 Å². The van der Waals surface area contributed by atoms with Gasteiger partial charge in [0.2, 0.25) is 0 Å². The van der Waals surface area contributed by atoms with Gasteiger partial charge in [-0.3, -0.25) is 9.59 Å². The average molecular weight is 433 g/mol. The first-order valence-electron chi connectivity index (χ1n) is 9.76. The van der Waals surface area contributed by atoms with Crippen LogP contribution in [0.3, 0.4) is 0 Å². The summed E-state index contributed by atoms with van der Waals surface area (Å²) in [5, 5.41) is 3.69. The lowest BCUT2D eigenvalue weighted by Crippen LogP contribution is -2.32. The molecule has 0 fully saturated rings. The lowest BCUT2D eigenvalue weighted by atomic mass is 10.0. The molecule has 31 heavy (non-hydrogen) atoms. The van der Waals surface area contributed by atoms with E-state index in [4.69, 9.17) is 16.3 Å². The maximum absolute atomic E-state index is 13.5. The predicted octanol–water partition coefficient (Wildman–Crippen LogP) is 5.36. The summed E-state index contributed by atoms with van der Waals surface area (Å²) < 4.78 is 5.19. The molecule has 0 bridgehead atoms. The van der Waals surface area contributed by atoms with E-state index in [0.29, 0.717) is 33.3 Å². The summed E-state index contributed by atoms with van der Waals surface area (Å²) in [7, 11) is 1.59. The van der Waals surface area contributed by atoms with Crippen molar-refractivity contribution in [3.8, 4) is 5.75 Å². The van der Waals surface area contributed by atoms with Gasteiger partial charge >= 0.3 is 0 Å². The topological polar surface area (TPSA) is 58.6 Å². The molecule has 3 aromatic rings. The van der Waals surface area contributed by atoms with Crippen molar-refractivity contribution in [2.75, 3.05) is 17.3 Å². The van der Waals surface area contributed by atoms with Crippen molar-refractivity contribution >= 4 is 40.4 Å². The molecule has 0 aromatic heterocycles. The van der Waals surface area contributed by atoms with Crippen molar-refractivity contribution in [3.63, 3.8) is 0 Å². The molecular weight excluding hydrogens is 412 g/mol. The van der Waals surface area contributed by atoms with Crippen LogP contribution in [0.5, 0.6) is 5.75 Å². The Morgan fingerprint density at radius 3 is 2.13 bits per heavy atom. The minimum absolute atomic E-state index is 0.218. The third-order valence-corrected chi connectivity index (χ3v) is 5.58. The Morgan fingerprint density at radius 2 is 1.52 bits per heavy atom. The number of hydrogen-bond donors (Lipinski definition) is 1. The van der Waals surface area contributed by atoms with Crippen LogP contribution in [0, 0.1) is 13.8 Å². The van der Waals surface area contributed by atoms with E-state index < -0.39 is 5.91 Å². The molecule has 1 N–H and O–H groups in total. The van der Waals surface area contributed by atoms with Crippen LogP contribution in [0.1, 0.15) is 16.7 Å². The number of nitrogens with zero attached hydrogens (tertiary/aromatic N) is 1. The SMILES string of the molecule is COc1ccc(NC2=C(c3ccc(Cl)cc3)C(=O)N(c3ccc(C)c(C)c3)C2=O)cc1. The van der Waals surface area contributed by atoms with Crippen LogP contribution >= 0.6 is 11.6 Å². The van der Waals surface area contributed by atoms with Crippen molar-refractivity contribution in [2.45, 2.75) is 13.8 Å². The molecule has 6 heteroatoms. The van der Waals surface area contributed by atoms with E-state index in [-0.39, 0.29) is 11.6 Å². The van der Waals surface area contributed by atoms with E-state index in [0.717, 1.165) is 11.1 Å². The fourth-order valence-electron chi connectivity index (χ4n) is 3.45. The van der Waals surface area contributed by atoms with Gasteiger partial charge in [-0.2, -0.15) is 0 Å². The van der Waals surface area contributed by atoms with Crippen LogP contribution in [0.2, 0.25) is 5.02 Å². The molecule has 156 valence electrons. The number of carbonyl (C=O) groups is 2. The zero-order chi connectivity index (χ0) is 22.1. The first-order valence-corrected chi connectivity index (χ1v) is 10.1. The molecule has 5 nitrogen and oxygen atoms in total. The largest absolute Gasteiger partial charge is 0.497 e. The Hall–Kier alpha value is -3.57. The van der Waals surface area contributed by atoms with Gasteiger partial charge in [-0.1, -0.05) is 29.8 Å². The van der Waals surface area contributed by atoms with Crippen molar-refractivity contribution in [2.24, 2.45) is 0 Å². The summed E-state index contributed by atoms with van der Waals surface area (Å²) in [5.41, 5.74) is 4.44. The predicted molar refractivity (Wildman–Crippen MR) is 123 cm³/mol. The lowest BCUT2D eigenvalue weighted by molar-refractivity contribution is -0.120. The molecule has 0 saturated carbocycles. The van der Waals surface area contributed by atoms with Gasteiger partial charge in [-0.25, -0.2) is 4.90 Å². The highest BCUT2D eigenvalue weighted by atomic mass is 35.5. The fourth-order valence-corrected chi connectivity index (χ4v) is 3.57. The number of benzene rings is 3. The maximum atomic E-state index is 13.5. The van der Waals surface area contributed by atoms with E-state index >= 15 is 0 Å². The van der Waals surface area contributed by atoms with Crippen LogP contribution in [0.25, 0.3) is 5.57 Å². The first-order chi connectivity index (χ1) is 14.9. The van der Waals surface area contributed by atoms with Crippen LogP contribution in [-0.4, -0.2) is 18.9 Å². The van der Waals surface area contributed by atoms with Gasteiger partial charge in [0.1, 0.15) is 11.4 Å². The van der Waals surface area contributed by atoms with E-state index in [2.05, 4.69) is 5.32 Å². The molecule has 0 aliphatic carbocycles. The third kappa shape index (κ3) is 3.92. The quantitative estimate of drug-likeness (QED) is 0.551. The summed E-state index contributed by atoms with van der Waals surface area (Å²) in [4.78, 5) is 28.1. The summed E-state index contributed by atoms with van der Waals surface area (Å²) >= 11 is 6.03. The number of aryl methyl sites for hydroxylation is 2. The second-order valence-electron chi connectivity index (χ2n) is 7.32. The van der Waals surface area contributed by atoms with Gasteiger partial charge < -0.3 is 10.1 Å². The highest BCUT2D eigenvalue weighted by Crippen LogP contribution is 2.35. The van der Waals surface area contributed by atoms with E-state index in [1.165, 1.54) is 4.90 Å². The fraction of sp³-hybridized carbons (Fsp3) is 0.120. The van der Waals surface area contributed by atoms with Gasteiger partial charge in [-0.15, -0.1) is 0 Å². The van der Waals surface area contributed by atoms with Gasteiger partial charge in [0.05, 0.1) is 18.4 Å². The molecular formula is C25H21ClN2O3. The minimum Gasteiger partial charge on any atom is -0.497 e. The summed E-state index contributed by atoms with van der Waals surface area (Å²) in [5.74, 6) is -0.0938. The number of imide groups is 1. The molecule has 1 aliphatic heterocycles. The molecule has 3 aromatic carbocycles. The summed E-state index contributed by atoms with van der Waals surface area (Å²) in [6.45, 7) is 3.94. The molecule has 0 saturated heterocycles. The first kappa shape index (κ1) is 20.7. The van der Waals surface area contributed by atoms with E-state index in [1.54, 1.807) is 61.7 Å². The van der Waals surface area contributed by atoms with Crippen LogP contribution in [0.15, 0.2) is 72.4 Å². The Labute approximate surface area is 185 Å². The Bertz CT molecular complexity index is 1200. The zero-order valence-electron chi connectivity index (χ0n) is 17.4. The van der Waals surface area contributed by atoms with Crippen molar-refractivity contribution < 1.29 is 14.3 Å². The molecule has 0 unspecified atom stereocenters.